The highest BCUT2D eigenvalue weighted by Crippen LogP contribution is 2.25. The van der Waals surface area contributed by atoms with Crippen LogP contribution in [0, 0.1) is 0 Å². The second-order valence-electron chi connectivity index (χ2n) is 2.46. The van der Waals surface area contributed by atoms with Crippen molar-refractivity contribution in [2.45, 2.75) is 6.43 Å². The van der Waals surface area contributed by atoms with E-state index in [9.17, 15) is 8.78 Å². The Hall–Kier alpha value is -0.455. The fourth-order valence-corrected chi connectivity index (χ4v) is 1.45. The molecule has 2 nitrogen and oxygen atoms in total. The molecule has 0 radical (unpaired) electrons. The summed E-state index contributed by atoms with van der Waals surface area (Å²) in [5, 5.41) is 17.4. The van der Waals surface area contributed by atoms with Crippen LogP contribution in [0.4, 0.5) is 8.78 Å². The van der Waals surface area contributed by atoms with Crippen molar-refractivity contribution in [1.29, 1.82) is 0 Å². The Kier molecular flexibility index (Phi) is 3.41. The number of alkyl halides is 2. The molecule has 0 aromatic heterocycles. The standard InChI is InChI=1S/C7H6BBrF2O2/c9-6-3-4(8(12)13)1-2-5(6)7(10)11/h1-3,7,12-13H. The Morgan fingerprint density at radius 3 is 2.31 bits per heavy atom. The number of benzene rings is 1. The molecule has 13 heavy (non-hydrogen) atoms. The first-order valence-electron chi connectivity index (χ1n) is 3.46. The summed E-state index contributed by atoms with van der Waals surface area (Å²) in [5.74, 6) is 0. The van der Waals surface area contributed by atoms with E-state index in [1.807, 2.05) is 0 Å². The molecule has 1 rings (SSSR count). The van der Waals surface area contributed by atoms with Gasteiger partial charge in [-0.05, 0) is 11.5 Å². The maximum atomic E-state index is 12.2. The van der Waals surface area contributed by atoms with Crippen molar-refractivity contribution in [3.05, 3.63) is 28.2 Å². The lowest BCUT2D eigenvalue weighted by molar-refractivity contribution is 0.150. The molecule has 0 saturated heterocycles. The van der Waals surface area contributed by atoms with E-state index in [2.05, 4.69) is 15.9 Å². The summed E-state index contributed by atoms with van der Waals surface area (Å²) in [6, 6.07) is 3.66. The maximum absolute atomic E-state index is 12.2. The van der Waals surface area contributed by atoms with Gasteiger partial charge >= 0.3 is 7.12 Å². The summed E-state index contributed by atoms with van der Waals surface area (Å²) in [4.78, 5) is 0. The van der Waals surface area contributed by atoms with Gasteiger partial charge in [-0.2, -0.15) is 0 Å². The van der Waals surface area contributed by atoms with E-state index in [-0.39, 0.29) is 15.5 Å². The third-order valence-corrected chi connectivity index (χ3v) is 2.24. The van der Waals surface area contributed by atoms with Crippen LogP contribution in [-0.2, 0) is 0 Å². The minimum atomic E-state index is -2.57. The molecule has 0 bridgehead atoms. The van der Waals surface area contributed by atoms with E-state index in [0.29, 0.717) is 0 Å². The van der Waals surface area contributed by atoms with Gasteiger partial charge in [0, 0.05) is 10.0 Å². The molecule has 0 aliphatic heterocycles. The van der Waals surface area contributed by atoms with Crippen molar-refractivity contribution in [3.8, 4) is 0 Å². The Labute approximate surface area is 82.5 Å². The lowest BCUT2D eigenvalue weighted by Gasteiger charge is -2.05. The van der Waals surface area contributed by atoms with E-state index in [4.69, 9.17) is 10.0 Å². The molecule has 0 aliphatic carbocycles. The normalized spacial score (nSPS) is 10.6. The van der Waals surface area contributed by atoms with Crippen LogP contribution in [0.25, 0.3) is 0 Å². The highest BCUT2D eigenvalue weighted by atomic mass is 79.9. The molecule has 0 amide bonds. The number of halogens is 3. The Morgan fingerprint density at radius 2 is 1.92 bits per heavy atom. The fraction of sp³-hybridized carbons (Fsp3) is 0.143. The van der Waals surface area contributed by atoms with E-state index in [1.54, 1.807) is 0 Å². The summed E-state index contributed by atoms with van der Waals surface area (Å²) in [5.41, 5.74) is 0.0145. The maximum Gasteiger partial charge on any atom is 0.488 e. The van der Waals surface area contributed by atoms with Crippen LogP contribution in [0.3, 0.4) is 0 Å². The molecule has 1 aromatic rings. The topological polar surface area (TPSA) is 40.5 Å². The Bertz CT molecular complexity index is 307. The molecule has 70 valence electrons. The zero-order valence-corrected chi connectivity index (χ0v) is 8.00. The van der Waals surface area contributed by atoms with Crippen molar-refractivity contribution in [1.82, 2.24) is 0 Å². The molecule has 2 N–H and O–H groups in total. The summed E-state index contributed by atoms with van der Waals surface area (Å²) in [7, 11) is -1.64. The number of rotatable bonds is 2. The van der Waals surface area contributed by atoms with Gasteiger partial charge in [0.15, 0.2) is 0 Å². The second kappa shape index (κ2) is 4.17. The largest absolute Gasteiger partial charge is 0.488 e. The van der Waals surface area contributed by atoms with Gasteiger partial charge in [-0.25, -0.2) is 8.78 Å². The SMILES string of the molecule is OB(O)c1ccc(C(F)F)c(Br)c1. The van der Waals surface area contributed by atoms with Gasteiger partial charge in [0.05, 0.1) is 0 Å². The predicted molar refractivity (Wildman–Crippen MR) is 48.9 cm³/mol. The molecule has 1 aromatic carbocycles. The summed E-state index contributed by atoms with van der Waals surface area (Å²) in [6.45, 7) is 0. The fourth-order valence-electron chi connectivity index (χ4n) is 0.881. The van der Waals surface area contributed by atoms with Gasteiger partial charge in [0.25, 0.3) is 6.43 Å². The molecule has 0 spiro atoms. The van der Waals surface area contributed by atoms with Gasteiger partial charge in [0.2, 0.25) is 0 Å². The van der Waals surface area contributed by atoms with Crippen molar-refractivity contribution in [2.24, 2.45) is 0 Å². The van der Waals surface area contributed by atoms with E-state index in [1.165, 1.54) is 12.1 Å². The lowest BCUT2D eigenvalue weighted by atomic mass is 9.80. The van der Waals surface area contributed by atoms with Crippen LogP contribution in [-0.4, -0.2) is 17.2 Å². The van der Waals surface area contributed by atoms with Crippen LogP contribution in [0.1, 0.15) is 12.0 Å². The number of hydrogen-bond donors (Lipinski definition) is 2. The van der Waals surface area contributed by atoms with Gasteiger partial charge < -0.3 is 10.0 Å². The molecule has 0 aliphatic rings. The van der Waals surface area contributed by atoms with Crippen LogP contribution in [0.5, 0.6) is 0 Å². The minimum Gasteiger partial charge on any atom is -0.423 e. The second-order valence-corrected chi connectivity index (χ2v) is 3.31. The summed E-state index contributed by atoms with van der Waals surface area (Å²) in [6.07, 6.45) is -2.57. The average Bonchev–Trinajstić information content (AvgIpc) is 2.03. The van der Waals surface area contributed by atoms with Gasteiger partial charge in [0.1, 0.15) is 0 Å². The third kappa shape index (κ3) is 2.49. The predicted octanol–water partition coefficient (Wildman–Crippen LogP) is 1.07. The third-order valence-electron chi connectivity index (χ3n) is 1.56. The van der Waals surface area contributed by atoms with Crippen LogP contribution >= 0.6 is 15.9 Å². The van der Waals surface area contributed by atoms with Crippen molar-refractivity contribution in [3.63, 3.8) is 0 Å². The van der Waals surface area contributed by atoms with Crippen LogP contribution in [0.2, 0.25) is 0 Å². The van der Waals surface area contributed by atoms with Crippen LogP contribution in [0.15, 0.2) is 22.7 Å². The molecule has 0 fully saturated rings. The summed E-state index contributed by atoms with van der Waals surface area (Å²) < 4.78 is 24.6. The highest BCUT2D eigenvalue weighted by Gasteiger charge is 2.16. The minimum absolute atomic E-state index is 0.163. The van der Waals surface area contributed by atoms with Crippen molar-refractivity contribution in [2.75, 3.05) is 0 Å². The van der Waals surface area contributed by atoms with Crippen molar-refractivity contribution >= 4 is 28.5 Å². The van der Waals surface area contributed by atoms with Gasteiger partial charge in [-0.1, -0.05) is 28.1 Å². The molecule has 0 heterocycles. The number of hydrogen-bond acceptors (Lipinski definition) is 2. The van der Waals surface area contributed by atoms with E-state index >= 15 is 0 Å². The van der Waals surface area contributed by atoms with Crippen LogP contribution < -0.4 is 5.46 Å². The molecule has 0 unspecified atom stereocenters. The summed E-state index contributed by atoms with van der Waals surface area (Å²) >= 11 is 2.91. The zero-order chi connectivity index (χ0) is 10.0. The first kappa shape index (κ1) is 10.6. The Balaban J connectivity index is 3.06. The molecular weight excluding hydrogens is 245 g/mol. The Morgan fingerprint density at radius 1 is 1.31 bits per heavy atom. The van der Waals surface area contributed by atoms with Gasteiger partial charge in [-0.3, -0.25) is 0 Å². The first-order valence-corrected chi connectivity index (χ1v) is 4.25. The molecule has 0 atom stereocenters. The molecule has 0 saturated carbocycles. The monoisotopic (exact) mass is 250 g/mol. The lowest BCUT2D eigenvalue weighted by Crippen LogP contribution is -2.29. The van der Waals surface area contributed by atoms with Crippen molar-refractivity contribution < 1.29 is 18.8 Å². The van der Waals surface area contributed by atoms with E-state index in [0.717, 1.165) is 6.07 Å². The highest BCUT2D eigenvalue weighted by molar-refractivity contribution is 9.10. The average molecular weight is 251 g/mol. The van der Waals surface area contributed by atoms with Gasteiger partial charge in [-0.15, -0.1) is 0 Å². The zero-order valence-electron chi connectivity index (χ0n) is 6.42. The van der Waals surface area contributed by atoms with E-state index < -0.39 is 13.5 Å². The first-order chi connectivity index (χ1) is 6.02. The molecular formula is C7H6BBrF2O2. The molecule has 6 heteroatoms. The smallest absolute Gasteiger partial charge is 0.423 e. The quantitative estimate of drug-likeness (QED) is 0.771.